The number of benzene rings is 1. The molecule has 1 aliphatic rings. The predicted molar refractivity (Wildman–Crippen MR) is 60.5 cm³/mol. The van der Waals surface area contributed by atoms with Crippen molar-refractivity contribution in [3.63, 3.8) is 0 Å². The summed E-state index contributed by atoms with van der Waals surface area (Å²) in [7, 11) is 0. The van der Waals surface area contributed by atoms with Crippen LogP contribution in [0.1, 0.15) is 19.3 Å². The SMILES string of the molecule is O=C(CCNc1c(F)c(F)cc(F)c1F)NC1CC1. The van der Waals surface area contributed by atoms with Gasteiger partial charge in [0.15, 0.2) is 23.3 Å². The number of rotatable bonds is 5. The molecule has 1 amide bonds. The van der Waals surface area contributed by atoms with E-state index in [0.717, 1.165) is 12.8 Å². The Kier molecular flexibility index (Phi) is 3.92. The number of hydrogen-bond donors (Lipinski definition) is 2. The van der Waals surface area contributed by atoms with Crippen molar-refractivity contribution >= 4 is 11.6 Å². The van der Waals surface area contributed by atoms with Gasteiger partial charge in [0.05, 0.1) is 0 Å². The van der Waals surface area contributed by atoms with Crippen LogP contribution in [-0.4, -0.2) is 18.5 Å². The molecule has 0 saturated heterocycles. The highest BCUT2D eigenvalue weighted by Crippen LogP contribution is 2.24. The highest BCUT2D eigenvalue weighted by Gasteiger charge is 2.23. The maximum absolute atomic E-state index is 13.2. The molecule has 7 heteroatoms. The minimum atomic E-state index is -1.50. The fourth-order valence-corrected chi connectivity index (χ4v) is 1.56. The highest BCUT2D eigenvalue weighted by atomic mass is 19.2. The first kappa shape index (κ1) is 13.6. The third-order valence-electron chi connectivity index (χ3n) is 2.71. The second-order valence-corrected chi connectivity index (χ2v) is 4.36. The smallest absolute Gasteiger partial charge is 0.221 e. The minimum Gasteiger partial charge on any atom is -0.380 e. The minimum absolute atomic E-state index is 0.0342. The summed E-state index contributed by atoms with van der Waals surface area (Å²) >= 11 is 0. The van der Waals surface area contributed by atoms with Crippen molar-refractivity contribution in [2.45, 2.75) is 25.3 Å². The average molecular weight is 276 g/mol. The lowest BCUT2D eigenvalue weighted by Crippen LogP contribution is -2.27. The third-order valence-corrected chi connectivity index (χ3v) is 2.71. The maximum Gasteiger partial charge on any atom is 0.221 e. The van der Waals surface area contributed by atoms with E-state index in [1.807, 2.05) is 0 Å². The van der Waals surface area contributed by atoms with Gasteiger partial charge < -0.3 is 10.6 Å². The number of carbonyl (C=O) groups is 1. The largest absolute Gasteiger partial charge is 0.380 e. The van der Waals surface area contributed by atoms with Gasteiger partial charge in [-0.05, 0) is 12.8 Å². The summed E-state index contributed by atoms with van der Waals surface area (Å²) in [6.45, 7) is -0.116. The van der Waals surface area contributed by atoms with Gasteiger partial charge in [0.25, 0.3) is 0 Å². The molecule has 0 atom stereocenters. The number of anilines is 1. The molecule has 1 aromatic carbocycles. The molecule has 1 aliphatic carbocycles. The van der Waals surface area contributed by atoms with Gasteiger partial charge in [0.1, 0.15) is 5.69 Å². The van der Waals surface area contributed by atoms with Crippen LogP contribution in [0.15, 0.2) is 6.07 Å². The Morgan fingerprint density at radius 1 is 1.16 bits per heavy atom. The van der Waals surface area contributed by atoms with Crippen LogP contribution in [0, 0.1) is 23.3 Å². The zero-order valence-corrected chi connectivity index (χ0v) is 9.90. The van der Waals surface area contributed by atoms with E-state index in [-0.39, 0.29) is 31.0 Å². The number of hydrogen-bond acceptors (Lipinski definition) is 2. The van der Waals surface area contributed by atoms with Crippen LogP contribution in [0.3, 0.4) is 0 Å². The molecule has 1 saturated carbocycles. The van der Waals surface area contributed by atoms with Crippen molar-refractivity contribution in [1.29, 1.82) is 0 Å². The highest BCUT2D eigenvalue weighted by molar-refractivity contribution is 5.77. The number of amides is 1. The van der Waals surface area contributed by atoms with E-state index >= 15 is 0 Å². The summed E-state index contributed by atoms with van der Waals surface area (Å²) in [6.07, 6.45) is 1.82. The molecule has 0 unspecified atom stereocenters. The normalized spacial score (nSPS) is 14.3. The molecular weight excluding hydrogens is 264 g/mol. The lowest BCUT2D eigenvalue weighted by molar-refractivity contribution is -0.120. The van der Waals surface area contributed by atoms with Gasteiger partial charge in [-0.15, -0.1) is 0 Å². The zero-order valence-electron chi connectivity index (χ0n) is 9.90. The van der Waals surface area contributed by atoms with Crippen LogP contribution in [0.2, 0.25) is 0 Å². The molecule has 2 N–H and O–H groups in total. The first-order chi connectivity index (χ1) is 8.99. The molecule has 1 fully saturated rings. The third kappa shape index (κ3) is 3.36. The van der Waals surface area contributed by atoms with E-state index < -0.39 is 29.0 Å². The molecule has 3 nitrogen and oxygen atoms in total. The van der Waals surface area contributed by atoms with E-state index in [1.54, 1.807) is 0 Å². The van der Waals surface area contributed by atoms with E-state index in [2.05, 4.69) is 10.6 Å². The lowest BCUT2D eigenvalue weighted by Gasteiger charge is -2.10. The fraction of sp³-hybridized carbons (Fsp3) is 0.417. The van der Waals surface area contributed by atoms with Gasteiger partial charge in [-0.25, -0.2) is 17.6 Å². The monoisotopic (exact) mass is 276 g/mol. The van der Waals surface area contributed by atoms with Crippen molar-refractivity contribution in [3.05, 3.63) is 29.3 Å². The van der Waals surface area contributed by atoms with Gasteiger partial charge in [0, 0.05) is 25.1 Å². The molecule has 0 aliphatic heterocycles. The van der Waals surface area contributed by atoms with Crippen LogP contribution >= 0.6 is 0 Å². The quantitative estimate of drug-likeness (QED) is 0.640. The molecule has 0 aromatic heterocycles. The summed E-state index contributed by atoms with van der Waals surface area (Å²) < 4.78 is 52.3. The number of carbonyl (C=O) groups excluding carboxylic acids is 1. The van der Waals surface area contributed by atoms with Crippen LogP contribution in [-0.2, 0) is 4.79 Å². The van der Waals surface area contributed by atoms with E-state index in [1.165, 1.54) is 0 Å². The predicted octanol–water partition coefficient (Wildman–Crippen LogP) is 2.32. The molecule has 0 bridgehead atoms. The molecule has 1 aromatic rings. The average Bonchev–Trinajstić information content (AvgIpc) is 3.15. The van der Waals surface area contributed by atoms with Gasteiger partial charge >= 0.3 is 0 Å². The second kappa shape index (κ2) is 5.46. The topological polar surface area (TPSA) is 41.1 Å². The van der Waals surface area contributed by atoms with Crippen molar-refractivity contribution in [1.82, 2.24) is 5.32 Å². The molecular formula is C12H12F4N2O. The summed E-state index contributed by atoms with van der Waals surface area (Å²) in [6, 6.07) is 0.322. The van der Waals surface area contributed by atoms with Gasteiger partial charge in [-0.2, -0.15) is 0 Å². The number of halogens is 4. The molecule has 0 heterocycles. The summed E-state index contributed by atoms with van der Waals surface area (Å²) in [4.78, 5) is 11.3. The lowest BCUT2D eigenvalue weighted by atomic mass is 10.2. The molecule has 19 heavy (non-hydrogen) atoms. The van der Waals surface area contributed by atoms with Crippen LogP contribution < -0.4 is 10.6 Å². The Hall–Kier alpha value is -1.79. The molecule has 104 valence electrons. The summed E-state index contributed by atoms with van der Waals surface area (Å²) in [5.41, 5.74) is -0.892. The van der Waals surface area contributed by atoms with Crippen molar-refractivity contribution in [2.24, 2.45) is 0 Å². The Balaban J connectivity index is 1.93. The first-order valence-corrected chi connectivity index (χ1v) is 5.85. The van der Waals surface area contributed by atoms with Gasteiger partial charge in [0.2, 0.25) is 5.91 Å². The Morgan fingerprint density at radius 2 is 1.74 bits per heavy atom. The van der Waals surface area contributed by atoms with E-state index in [0.29, 0.717) is 0 Å². The zero-order chi connectivity index (χ0) is 14.0. The second-order valence-electron chi connectivity index (χ2n) is 4.36. The van der Waals surface area contributed by atoms with Gasteiger partial charge in [-0.3, -0.25) is 4.79 Å². The van der Waals surface area contributed by atoms with Crippen molar-refractivity contribution in [2.75, 3.05) is 11.9 Å². The van der Waals surface area contributed by atoms with E-state index in [4.69, 9.17) is 0 Å². The summed E-state index contributed by atoms with van der Waals surface area (Å²) in [5, 5.41) is 4.87. The standard InChI is InChI=1S/C12H12F4N2O/c13-7-5-8(14)11(16)12(10(7)15)17-4-3-9(19)18-6-1-2-6/h5-6,17H,1-4H2,(H,18,19). The number of nitrogens with one attached hydrogen (secondary N) is 2. The van der Waals surface area contributed by atoms with Crippen LogP contribution in [0.4, 0.5) is 23.2 Å². The first-order valence-electron chi connectivity index (χ1n) is 5.85. The van der Waals surface area contributed by atoms with Crippen molar-refractivity contribution < 1.29 is 22.4 Å². The Bertz CT molecular complexity index is 477. The van der Waals surface area contributed by atoms with Gasteiger partial charge in [-0.1, -0.05) is 0 Å². The fourth-order valence-electron chi connectivity index (χ4n) is 1.56. The Labute approximate surface area is 107 Å². The van der Waals surface area contributed by atoms with Crippen LogP contribution in [0.25, 0.3) is 0 Å². The Morgan fingerprint density at radius 3 is 2.26 bits per heavy atom. The molecule has 0 spiro atoms. The van der Waals surface area contributed by atoms with Crippen LogP contribution in [0.5, 0.6) is 0 Å². The summed E-state index contributed by atoms with van der Waals surface area (Å²) in [5.74, 6) is -6.23. The molecule has 2 rings (SSSR count). The molecule has 0 radical (unpaired) electrons. The maximum atomic E-state index is 13.2. The van der Waals surface area contributed by atoms with Crippen molar-refractivity contribution in [3.8, 4) is 0 Å². The van der Waals surface area contributed by atoms with E-state index in [9.17, 15) is 22.4 Å².